The summed E-state index contributed by atoms with van der Waals surface area (Å²) in [5.74, 6) is -0.950. The number of methoxy groups -OCH3 is 1. The standard InChI is InChI=1S/C24H24N4O3/c1-31-22-11-5-3-9-19(22)27-24(30)23(29)26-16-21(18-8-6-13-25-15-18)28-14-12-17-7-2-4-10-20(17)28/h2-11,13,15,21H,12,14,16H2,1H3,(H,26,29)(H,27,30)/t21-/m1/s1. The third-order valence-corrected chi connectivity index (χ3v) is 5.39. The van der Waals surface area contributed by atoms with E-state index < -0.39 is 11.8 Å². The summed E-state index contributed by atoms with van der Waals surface area (Å²) in [6, 6.07) is 18.9. The Balaban J connectivity index is 1.48. The maximum atomic E-state index is 12.5. The summed E-state index contributed by atoms with van der Waals surface area (Å²) in [5, 5.41) is 5.39. The number of rotatable bonds is 6. The number of ether oxygens (including phenoxy) is 1. The molecule has 2 heterocycles. The summed E-state index contributed by atoms with van der Waals surface area (Å²) in [4.78, 5) is 31.5. The number of pyridine rings is 1. The molecule has 0 saturated carbocycles. The lowest BCUT2D eigenvalue weighted by Gasteiger charge is -2.30. The molecule has 1 atom stereocenters. The van der Waals surface area contributed by atoms with Crippen molar-refractivity contribution < 1.29 is 14.3 Å². The molecule has 4 rings (SSSR count). The first-order valence-corrected chi connectivity index (χ1v) is 10.1. The highest BCUT2D eigenvalue weighted by Gasteiger charge is 2.28. The van der Waals surface area contributed by atoms with Crippen molar-refractivity contribution in [2.24, 2.45) is 0 Å². The van der Waals surface area contributed by atoms with E-state index in [9.17, 15) is 9.59 Å². The van der Waals surface area contributed by atoms with Gasteiger partial charge < -0.3 is 20.3 Å². The van der Waals surface area contributed by atoms with Gasteiger partial charge in [0.05, 0.1) is 18.8 Å². The zero-order valence-corrected chi connectivity index (χ0v) is 17.2. The van der Waals surface area contributed by atoms with Gasteiger partial charge in [0.15, 0.2) is 0 Å². The Morgan fingerprint density at radius 1 is 1.06 bits per heavy atom. The summed E-state index contributed by atoms with van der Waals surface area (Å²) >= 11 is 0. The van der Waals surface area contributed by atoms with Crippen molar-refractivity contribution in [2.45, 2.75) is 12.5 Å². The molecule has 158 valence electrons. The van der Waals surface area contributed by atoms with Crippen molar-refractivity contribution in [3.63, 3.8) is 0 Å². The quantitative estimate of drug-likeness (QED) is 0.604. The minimum absolute atomic E-state index is 0.139. The normalized spacial score (nSPS) is 13.3. The first-order chi connectivity index (χ1) is 15.2. The van der Waals surface area contributed by atoms with Gasteiger partial charge >= 0.3 is 11.8 Å². The Labute approximate surface area is 181 Å². The number of amides is 2. The van der Waals surface area contributed by atoms with Crippen molar-refractivity contribution in [3.8, 4) is 5.75 Å². The fourth-order valence-corrected chi connectivity index (χ4v) is 3.87. The monoisotopic (exact) mass is 416 g/mol. The average Bonchev–Trinajstić information content (AvgIpc) is 3.24. The van der Waals surface area contributed by atoms with Gasteiger partial charge in [-0.15, -0.1) is 0 Å². The topological polar surface area (TPSA) is 83.6 Å². The molecular formula is C24H24N4O3. The Bertz CT molecular complexity index is 1070. The van der Waals surface area contributed by atoms with E-state index in [1.54, 1.807) is 36.7 Å². The van der Waals surface area contributed by atoms with Crippen molar-refractivity contribution in [1.29, 1.82) is 0 Å². The highest BCUT2D eigenvalue weighted by molar-refractivity contribution is 6.39. The van der Waals surface area contributed by atoms with Crippen LogP contribution in [-0.2, 0) is 16.0 Å². The average molecular weight is 416 g/mol. The minimum Gasteiger partial charge on any atom is -0.495 e. The number of fused-ring (bicyclic) bond motifs is 1. The van der Waals surface area contributed by atoms with Gasteiger partial charge in [-0.2, -0.15) is 0 Å². The lowest BCUT2D eigenvalue weighted by atomic mass is 10.1. The summed E-state index contributed by atoms with van der Waals surface area (Å²) in [6.45, 7) is 1.11. The molecule has 1 aliphatic rings. The van der Waals surface area contributed by atoms with Gasteiger partial charge in [0.2, 0.25) is 0 Å². The van der Waals surface area contributed by atoms with E-state index in [0.717, 1.165) is 24.2 Å². The molecule has 0 bridgehead atoms. The van der Waals surface area contributed by atoms with Crippen LogP contribution in [0.4, 0.5) is 11.4 Å². The number of nitrogens with one attached hydrogen (secondary N) is 2. The van der Waals surface area contributed by atoms with Gasteiger partial charge in [-0.3, -0.25) is 14.6 Å². The van der Waals surface area contributed by atoms with E-state index in [1.165, 1.54) is 12.7 Å². The lowest BCUT2D eigenvalue weighted by molar-refractivity contribution is -0.136. The van der Waals surface area contributed by atoms with Crippen LogP contribution in [0.1, 0.15) is 17.2 Å². The number of benzene rings is 2. The predicted octanol–water partition coefficient (Wildman–Crippen LogP) is 2.95. The molecule has 0 spiro atoms. The molecule has 0 unspecified atom stereocenters. The maximum Gasteiger partial charge on any atom is 0.313 e. The Kier molecular flexibility index (Phi) is 6.12. The molecule has 0 radical (unpaired) electrons. The summed E-state index contributed by atoms with van der Waals surface area (Å²) in [6.07, 6.45) is 4.46. The highest BCUT2D eigenvalue weighted by atomic mass is 16.5. The Hall–Kier alpha value is -3.87. The van der Waals surface area contributed by atoms with Crippen LogP contribution in [0.2, 0.25) is 0 Å². The van der Waals surface area contributed by atoms with Gasteiger partial charge in [-0.25, -0.2) is 0 Å². The third kappa shape index (κ3) is 4.50. The van der Waals surface area contributed by atoms with Gasteiger partial charge in [0.25, 0.3) is 0 Å². The number of hydrogen-bond donors (Lipinski definition) is 2. The summed E-state index contributed by atoms with van der Waals surface area (Å²) < 4.78 is 5.22. The second-order valence-electron chi connectivity index (χ2n) is 7.24. The number of para-hydroxylation sites is 3. The molecule has 1 aromatic heterocycles. The van der Waals surface area contributed by atoms with Crippen LogP contribution < -0.4 is 20.3 Å². The van der Waals surface area contributed by atoms with Crippen LogP contribution >= 0.6 is 0 Å². The molecule has 0 fully saturated rings. The Morgan fingerprint density at radius 3 is 2.68 bits per heavy atom. The van der Waals surface area contributed by atoms with Crippen molar-refractivity contribution in [3.05, 3.63) is 84.2 Å². The van der Waals surface area contributed by atoms with Crippen molar-refractivity contribution in [1.82, 2.24) is 10.3 Å². The second-order valence-corrected chi connectivity index (χ2v) is 7.24. The van der Waals surface area contributed by atoms with E-state index in [0.29, 0.717) is 11.4 Å². The second kappa shape index (κ2) is 9.30. The summed E-state index contributed by atoms with van der Waals surface area (Å²) in [7, 11) is 1.51. The largest absolute Gasteiger partial charge is 0.495 e. The lowest BCUT2D eigenvalue weighted by Crippen LogP contribution is -2.41. The molecule has 1 aliphatic heterocycles. The molecule has 0 aliphatic carbocycles. The first-order valence-electron chi connectivity index (χ1n) is 10.1. The molecule has 7 nitrogen and oxygen atoms in total. The zero-order valence-electron chi connectivity index (χ0n) is 17.2. The number of carbonyl (C=O) groups is 2. The SMILES string of the molecule is COc1ccccc1NC(=O)C(=O)NC[C@H](c1cccnc1)N1CCc2ccccc21. The van der Waals surface area contributed by atoms with Gasteiger partial charge in [-0.05, 0) is 41.8 Å². The van der Waals surface area contributed by atoms with Crippen LogP contribution in [0.5, 0.6) is 5.75 Å². The maximum absolute atomic E-state index is 12.5. The van der Waals surface area contributed by atoms with E-state index in [4.69, 9.17) is 4.74 Å². The fraction of sp³-hybridized carbons (Fsp3) is 0.208. The third-order valence-electron chi connectivity index (χ3n) is 5.39. The number of anilines is 2. The number of hydrogen-bond acceptors (Lipinski definition) is 5. The molecule has 2 aromatic carbocycles. The molecule has 2 amide bonds. The molecule has 31 heavy (non-hydrogen) atoms. The molecule has 0 saturated heterocycles. The van der Waals surface area contributed by atoms with Crippen LogP contribution in [0.15, 0.2) is 73.1 Å². The predicted molar refractivity (Wildman–Crippen MR) is 119 cm³/mol. The number of nitrogens with zero attached hydrogens (tertiary/aromatic N) is 2. The number of carbonyl (C=O) groups excluding carboxylic acids is 2. The fourth-order valence-electron chi connectivity index (χ4n) is 3.87. The van der Waals surface area contributed by atoms with Crippen molar-refractivity contribution in [2.75, 3.05) is 30.4 Å². The molecule has 2 N–H and O–H groups in total. The van der Waals surface area contributed by atoms with Crippen molar-refractivity contribution >= 4 is 23.2 Å². The van der Waals surface area contributed by atoms with E-state index in [2.05, 4.69) is 32.7 Å². The van der Waals surface area contributed by atoms with Crippen LogP contribution in [-0.4, -0.2) is 37.0 Å². The number of aromatic nitrogens is 1. The van der Waals surface area contributed by atoms with Crippen LogP contribution in [0.3, 0.4) is 0 Å². The highest BCUT2D eigenvalue weighted by Crippen LogP contribution is 2.34. The molecular weight excluding hydrogens is 392 g/mol. The first kappa shape index (κ1) is 20.4. The van der Waals surface area contributed by atoms with Crippen LogP contribution in [0, 0.1) is 0 Å². The van der Waals surface area contributed by atoms with Gasteiger partial charge in [0, 0.05) is 31.2 Å². The van der Waals surface area contributed by atoms with Gasteiger partial charge in [-0.1, -0.05) is 36.4 Å². The Morgan fingerprint density at radius 2 is 1.87 bits per heavy atom. The zero-order chi connectivity index (χ0) is 21.6. The molecule has 7 heteroatoms. The summed E-state index contributed by atoms with van der Waals surface area (Å²) in [5.41, 5.74) is 3.84. The van der Waals surface area contributed by atoms with Gasteiger partial charge in [0.1, 0.15) is 5.75 Å². The van der Waals surface area contributed by atoms with Crippen LogP contribution in [0.25, 0.3) is 0 Å². The van der Waals surface area contributed by atoms with E-state index in [1.807, 2.05) is 24.3 Å². The smallest absolute Gasteiger partial charge is 0.313 e. The molecule has 3 aromatic rings. The van der Waals surface area contributed by atoms with E-state index in [-0.39, 0.29) is 12.6 Å². The minimum atomic E-state index is -0.740. The van der Waals surface area contributed by atoms with E-state index >= 15 is 0 Å².